The van der Waals surface area contributed by atoms with E-state index in [2.05, 4.69) is 22.9 Å². The van der Waals surface area contributed by atoms with Crippen LogP contribution in [0, 0.1) is 0 Å². The van der Waals surface area contributed by atoms with E-state index in [1.165, 1.54) is 0 Å². The number of hydrogen-bond acceptors (Lipinski definition) is 4. The Balaban J connectivity index is 1.93. The Morgan fingerprint density at radius 2 is 1.70 bits per heavy atom. The number of ether oxygens (including phenoxy) is 1. The SMILES string of the molecule is CCCCCOc1ccccc1C(=O)NC(=S)Nc1ccc(C(=O)NC(C)C)cc1. The van der Waals surface area contributed by atoms with E-state index in [1.807, 2.05) is 19.9 Å². The molecule has 0 aliphatic carbocycles. The molecule has 0 bridgehead atoms. The number of thiocarbonyl (C=S) groups is 1. The average molecular weight is 428 g/mol. The molecule has 0 radical (unpaired) electrons. The molecule has 2 rings (SSSR count). The highest BCUT2D eigenvalue weighted by Crippen LogP contribution is 2.18. The number of amides is 2. The molecule has 0 unspecified atom stereocenters. The number of hydrogen-bond donors (Lipinski definition) is 3. The lowest BCUT2D eigenvalue weighted by Gasteiger charge is -2.13. The number of carbonyl (C=O) groups excluding carboxylic acids is 2. The van der Waals surface area contributed by atoms with Gasteiger partial charge in [-0.25, -0.2) is 0 Å². The lowest BCUT2D eigenvalue weighted by Crippen LogP contribution is -2.34. The van der Waals surface area contributed by atoms with Crippen LogP contribution >= 0.6 is 12.2 Å². The van der Waals surface area contributed by atoms with Crippen molar-refractivity contribution in [3.05, 3.63) is 59.7 Å². The number of benzene rings is 2. The molecule has 0 heterocycles. The van der Waals surface area contributed by atoms with Gasteiger partial charge < -0.3 is 15.4 Å². The van der Waals surface area contributed by atoms with Gasteiger partial charge in [0.15, 0.2) is 5.11 Å². The van der Waals surface area contributed by atoms with E-state index in [0.29, 0.717) is 29.2 Å². The molecular formula is C23H29N3O3S. The van der Waals surface area contributed by atoms with Crippen molar-refractivity contribution in [1.82, 2.24) is 10.6 Å². The first-order valence-corrected chi connectivity index (χ1v) is 10.6. The first kappa shape index (κ1) is 23.3. The van der Waals surface area contributed by atoms with Crippen LogP contribution in [-0.4, -0.2) is 29.6 Å². The van der Waals surface area contributed by atoms with Crippen molar-refractivity contribution in [2.45, 2.75) is 46.1 Å². The summed E-state index contributed by atoms with van der Waals surface area (Å²) in [5, 5.41) is 8.63. The first-order chi connectivity index (χ1) is 14.4. The number of carbonyl (C=O) groups is 2. The van der Waals surface area contributed by atoms with Crippen molar-refractivity contribution in [3.8, 4) is 5.75 Å². The van der Waals surface area contributed by atoms with Crippen molar-refractivity contribution < 1.29 is 14.3 Å². The highest BCUT2D eigenvalue weighted by Gasteiger charge is 2.14. The summed E-state index contributed by atoms with van der Waals surface area (Å²) in [5.74, 6) is 0.0592. The number of anilines is 1. The number of rotatable bonds is 9. The lowest BCUT2D eigenvalue weighted by molar-refractivity contribution is 0.0941. The molecule has 2 amide bonds. The Morgan fingerprint density at radius 3 is 2.37 bits per heavy atom. The van der Waals surface area contributed by atoms with Crippen LogP contribution in [0.25, 0.3) is 0 Å². The second-order valence-electron chi connectivity index (χ2n) is 7.17. The normalized spacial score (nSPS) is 10.4. The van der Waals surface area contributed by atoms with E-state index in [1.54, 1.807) is 42.5 Å². The number of nitrogens with one attached hydrogen (secondary N) is 3. The molecule has 0 fully saturated rings. The van der Waals surface area contributed by atoms with Gasteiger partial charge in [-0.3, -0.25) is 14.9 Å². The van der Waals surface area contributed by atoms with Crippen LogP contribution in [0.3, 0.4) is 0 Å². The summed E-state index contributed by atoms with van der Waals surface area (Å²) >= 11 is 5.26. The molecule has 2 aromatic rings. The zero-order valence-corrected chi connectivity index (χ0v) is 18.5. The van der Waals surface area contributed by atoms with Crippen LogP contribution < -0.4 is 20.7 Å². The van der Waals surface area contributed by atoms with Crippen molar-refractivity contribution in [2.24, 2.45) is 0 Å². The molecule has 0 aliphatic rings. The third kappa shape index (κ3) is 7.48. The molecule has 0 aromatic heterocycles. The minimum absolute atomic E-state index is 0.0663. The van der Waals surface area contributed by atoms with Crippen molar-refractivity contribution in [2.75, 3.05) is 11.9 Å². The number of para-hydroxylation sites is 1. The molecule has 30 heavy (non-hydrogen) atoms. The van der Waals surface area contributed by atoms with E-state index in [-0.39, 0.29) is 23.0 Å². The van der Waals surface area contributed by atoms with Gasteiger partial charge in [-0.05, 0) is 68.9 Å². The summed E-state index contributed by atoms with van der Waals surface area (Å²) in [6, 6.07) is 14.0. The monoisotopic (exact) mass is 427 g/mol. The molecule has 0 saturated heterocycles. The molecule has 6 nitrogen and oxygen atoms in total. The summed E-state index contributed by atoms with van der Waals surface area (Å²) in [6.45, 7) is 6.51. The zero-order valence-electron chi connectivity index (χ0n) is 17.7. The summed E-state index contributed by atoms with van der Waals surface area (Å²) in [4.78, 5) is 24.6. The van der Waals surface area contributed by atoms with Gasteiger partial charge in [0.25, 0.3) is 11.8 Å². The van der Waals surface area contributed by atoms with Crippen LogP contribution in [-0.2, 0) is 0 Å². The third-order valence-corrected chi connectivity index (χ3v) is 4.39. The Bertz CT molecular complexity index is 866. The molecular weight excluding hydrogens is 398 g/mol. The van der Waals surface area contributed by atoms with Gasteiger partial charge in [0.2, 0.25) is 0 Å². The number of unbranched alkanes of at least 4 members (excludes halogenated alkanes) is 2. The van der Waals surface area contributed by atoms with Crippen molar-refractivity contribution >= 4 is 34.8 Å². The predicted molar refractivity (Wildman–Crippen MR) is 124 cm³/mol. The second-order valence-corrected chi connectivity index (χ2v) is 7.57. The fourth-order valence-corrected chi connectivity index (χ4v) is 2.91. The quantitative estimate of drug-likeness (QED) is 0.405. The molecule has 0 aliphatic heterocycles. The van der Waals surface area contributed by atoms with Gasteiger partial charge in [0.1, 0.15) is 5.75 Å². The molecule has 0 spiro atoms. The maximum atomic E-state index is 12.6. The minimum Gasteiger partial charge on any atom is -0.493 e. The minimum atomic E-state index is -0.341. The molecule has 2 aromatic carbocycles. The Labute approximate surface area is 183 Å². The van der Waals surface area contributed by atoms with Gasteiger partial charge in [0.05, 0.1) is 12.2 Å². The Kier molecular flexibility index (Phi) is 9.28. The second kappa shape index (κ2) is 11.9. The summed E-state index contributed by atoms with van der Waals surface area (Å²) in [7, 11) is 0. The van der Waals surface area contributed by atoms with Crippen molar-refractivity contribution in [3.63, 3.8) is 0 Å². The fraction of sp³-hybridized carbons (Fsp3) is 0.348. The maximum Gasteiger partial charge on any atom is 0.261 e. The summed E-state index contributed by atoms with van der Waals surface area (Å²) in [5.41, 5.74) is 1.66. The molecule has 3 N–H and O–H groups in total. The van der Waals surface area contributed by atoms with Gasteiger partial charge in [-0.1, -0.05) is 31.9 Å². The van der Waals surface area contributed by atoms with Crippen LogP contribution in [0.4, 0.5) is 5.69 Å². The largest absolute Gasteiger partial charge is 0.493 e. The topological polar surface area (TPSA) is 79.5 Å². The lowest BCUT2D eigenvalue weighted by atomic mass is 10.2. The maximum absolute atomic E-state index is 12.6. The van der Waals surface area contributed by atoms with E-state index in [4.69, 9.17) is 17.0 Å². The predicted octanol–water partition coefficient (Wildman–Crippen LogP) is 4.52. The Hall–Kier alpha value is -2.93. The summed E-state index contributed by atoms with van der Waals surface area (Å²) in [6.07, 6.45) is 3.13. The fourth-order valence-electron chi connectivity index (χ4n) is 2.70. The molecule has 7 heteroatoms. The van der Waals surface area contributed by atoms with Crippen LogP contribution in [0.1, 0.15) is 60.7 Å². The highest BCUT2D eigenvalue weighted by molar-refractivity contribution is 7.80. The van der Waals surface area contributed by atoms with Crippen LogP contribution in [0.2, 0.25) is 0 Å². The summed E-state index contributed by atoms with van der Waals surface area (Å²) < 4.78 is 5.76. The first-order valence-electron chi connectivity index (χ1n) is 10.2. The van der Waals surface area contributed by atoms with Gasteiger partial charge >= 0.3 is 0 Å². The molecule has 160 valence electrons. The van der Waals surface area contributed by atoms with E-state index in [9.17, 15) is 9.59 Å². The van der Waals surface area contributed by atoms with E-state index >= 15 is 0 Å². The standard InChI is InChI=1S/C23H29N3O3S/c1-4-5-8-15-29-20-10-7-6-9-19(20)22(28)26-23(30)25-18-13-11-17(12-14-18)21(27)24-16(2)3/h6-7,9-14,16H,4-5,8,15H2,1-3H3,(H,24,27)(H2,25,26,28,30). The average Bonchev–Trinajstić information content (AvgIpc) is 2.71. The van der Waals surface area contributed by atoms with Gasteiger partial charge in [0, 0.05) is 17.3 Å². The van der Waals surface area contributed by atoms with E-state index in [0.717, 1.165) is 19.3 Å². The van der Waals surface area contributed by atoms with Crippen molar-refractivity contribution in [1.29, 1.82) is 0 Å². The smallest absolute Gasteiger partial charge is 0.261 e. The van der Waals surface area contributed by atoms with E-state index < -0.39 is 0 Å². The third-order valence-electron chi connectivity index (χ3n) is 4.19. The highest BCUT2D eigenvalue weighted by atomic mass is 32.1. The Morgan fingerprint density at radius 1 is 1.00 bits per heavy atom. The van der Waals surface area contributed by atoms with Crippen LogP contribution in [0.5, 0.6) is 5.75 Å². The molecule has 0 atom stereocenters. The zero-order chi connectivity index (χ0) is 21.9. The van der Waals surface area contributed by atoms with Gasteiger partial charge in [-0.15, -0.1) is 0 Å². The van der Waals surface area contributed by atoms with Crippen LogP contribution in [0.15, 0.2) is 48.5 Å². The molecule has 0 saturated carbocycles. The van der Waals surface area contributed by atoms with Gasteiger partial charge in [-0.2, -0.15) is 0 Å².